The summed E-state index contributed by atoms with van der Waals surface area (Å²) in [6.45, 7) is 6.18. The first kappa shape index (κ1) is 23.4. The highest BCUT2D eigenvalue weighted by atomic mass is 32.2. The Morgan fingerprint density at radius 2 is 1.93 bits per heavy atom. The number of thioether (sulfide) groups is 1. The third-order valence-electron chi connectivity index (χ3n) is 4.18. The Kier molecular flexibility index (Phi) is 9.83. The van der Waals surface area contributed by atoms with Gasteiger partial charge in [-0.15, -0.1) is 16.8 Å². The number of nitrogens with zero attached hydrogens (tertiary/aromatic N) is 3. The summed E-state index contributed by atoms with van der Waals surface area (Å²) in [5, 5.41) is 19.4. The van der Waals surface area contributed by atoms with Gasteiger partial charge in [0.05, 0.1) is 0 Å². The summed E-state index contributed by atoms with van der Waals surface area (Å²) in [5.74, 6) is 1.58. The maximum Gasteiger partial charge on any atom is 0.220 e. The largest absolute Gasteiger partial charge is 0.400 e. The van der Waals surface area contributed by atoms with E-state index in [2.05, 4.69) is 53.3 Å². The fraction of sp³-hybridized carbons (Fsp3) is 0.261. The molecule has 0 aliphatic heterocycles. The molecule has 0 aliphatic rings. The lowest BCUT2D eigenvalue weighted by Gasteiger charge is -2.10. The number of rotatable bonds is 9. The van der Waals surface area contributed by atoms with Crippen LogP contribution in [-0.4, -0.2) is 39.4 Å². The molecule has 0 unspecified atom stereocenters. The summed E-state index contributed by atoms with van der Waals surface area (Å²) in [5.41, 5.74) is 3.49. The number of aliphatic hydroxyl groups excluding tert-OH is 1. The first-order chi connectivity index (χ1) is 14.7. The molecule has 158 valence electrons. The Labute approximate surface area is 182 Å². The van der Waals surface area contributed by atoms with Crippen LogP contribution in [-0.2, 0) is 17.0 Å². The van der Waals surface area contributed by atoms with E-state index in [4.69, 9.17) is 5.11 Å². The highest BCUT2D eigenvalue weighted by Gasteiger charge is 2.15. The number of aryl methyl sites for hydroxylation is 2. The first-order valence-corrected chi connectivity index (χ1v) is 10.7. The molecular weight excluding hydrogens is 396 g/mol. The zero-order chi connectivity index (χ0) is 21.8. The minimum Gasteiger partial charge on any atom is -0.400 e. The number of carbonyl (C=O) groups is 1. The van der Waals surface area contributed by atoms with Crippen LogP contribution < -0.4 is 5.32 Å². The SMILES string of the molecule is C=CCNC(=O)CCc1nnc(SCc2cccc(C)c2)n1-c1ccccc1.CO. The third-order valence-corrected chi connectivity index (χ3v) is 5.18. The number of carbonyl (C=O) groups excluding carboxylic acids is 1. The summed E-state index contributed by atoms with van der Waals surface area (Å²) in [6.07, 6.45) is 2.56. The fourth-order valence-corrected chi connectivity index (χ4v) is 3.76. The van der Waals surface area contributed by atoms with Crippen LogP contribution in [0.4, 0.5) is 0 Å². The minimum atomic E-state index is -0.0172. The van der Waals surface area contributed by atoms with Gasteiger partial charge in [-0.05, 0) is 24.6 Å². The second-order valence-electron chi connectivity index (χ2n) is 6.44. The highest BCUT2D eigenvalue weighted by molar-refractivity contribution is 7.98. The van der Waals surface area contributed by atoms with E-state index in [1.807, 2.05) is 34.9 Å². The van der Waals surface area contributed by atoms with Crippen LogP contribution in [0.25, 0.3) is 5.69 Å². The number of nitrogens with one attached hydrogen (secondary N) is 1. The number of hydrogen-bond donors (Lipinski definition) is 2. The van der Waals surface area contributed by atoms with Crippen molar-refractivity contribution in [3.8, 4) is 5.69 Å². The highest BCUT2D eigenvalue weighted by Crippen LogP contribution is 2.26. The standard InChI is InChI=1S/C22H24N4OS.CH4O/c1-3-14-23-21(27)13-12-20-24-25-22(26(20)19-10-5-4-6-11-19)28-16-18-9-7-8-17(2)15-18;1-2/h3-11,15H,1,12-14,16H2,2H3,(H,23,27);2H,1H3. The molecule has 0 bridgehead atoms. The monoisotopic (exact) mass is 424 g/mol. The molecule has 0 fully saturated rings. The van der Waals surface area contributed by atoms with Crippen molar-refractivity contribution in [2.24, 2.45) is 0 Å². The molecule has 3 rings (SSSR count). The molecule has 30 heavy (non-hydrogen) atoms. The van der Waals surface area contributed by atoms with Crippen molar-refractivity contribution in [3.05, 3.63) is 84.2 Å². The first-order valence-electron chi connectivity index (χ1n) is 9.67. The van der Waals surface area contributed by atoms with Gasteiger partial charge in [0.25, 0.3) is 0 Å². The Balaban J connectivity index is 0.00000155. The van der Waals surface area contributed by atoms with E-state index >= 15 is 0 Å². The molecule has 0 aliphatic carbocycles. The lowest BCUT2D eigenvalue weighted by Crippen LogP contribution is -2.23. The van der Waals surface area contributed by atoms with Gasteiger partial charge < -0.3 is 10.4 Å². The lowest BCUT2D eigenvalue weighted by molar-refractivity contribution is -0.120. The molecule has 7 heteroatoms. The van der Waals surface area contributed by atoms with Crippen LogP contribution in [0.3, 0.4) is 0 Å². The third kappa shape index (κ3) is 6.86. The zero-order valence-corrected chi connectivity index (χ0v) is 18.2. The molecule has 0 spiro atoms. The van der Waals surface area contributed by atoms with Crippen LogP contribution in [0.15, 0.2) is 72.4 Å². The molecule has 2 aromatic carbocycles. The second kappa shape index (κ2) is 12.6. The van der Waals surface area contributed by atoms with Gasteiger partial charge in [0.15, 0.2) is 5.16 Å². The van der Waals surface area contributed by atoms with Crippen LogP contribution in [0, 0.1) is 6.92 Å². The Hall–Kier alpha value is -2.90. The number of aliphatic hydroxyl groups is 1. The molecule has 2 N–H and O–H groups in total. The summed E-state index contributed by atoms with van der Waals surface area (Å²) in [6, 6.07) is 18.5. The van der Waals surface area contributed by atoms with E-state index in [9.17, 15) is 4.79 Å². The van der Waals surface area contributed by atoms with Gasteiger partial charge >= 0.3 is 0 Å². The van der Waals surface area contributed by atoms with Crippen molar-refractivity contribution < 1.29 is 9.90 Å². The summed E-state index contributed by atoms with van der Waals surface area (Å²) >= 11 is 1.65. The average molecular weight is 425 g/mol. The van der Waals surface area contributed by atoms with Gasteiger partial charge in [-0.3, -0.25) is 9.36 Å². The van der Waals surface area contributed by atoms with Gasteiger partial charge in [0.2, 0.25) is 5.91 Å². The second-order valence-corrected chi connectivity index (χ2v) is 7.38. The Morgan fingerprint density at radius 3 is 2.63 bits per heavy atom. The molecule has 1 amide bonds. The number of amides is 1. The van der Waals surface area contributed by atoms with Gasteiger partial charge in [0, 0.05) is 37.9 Å². The van der Waals surface area contributed by atoms with E-state index < -0.39 is 0 Å². The van der Waals surface area contributed by atoms with E-state index in [1.165, 1.54) is 11.1 Å². The van der Waals surface area contributed by atoms with Crippen molar-refractivity contribution in [1.29, 1.82) is 0 Å². The minimum absolute atomic E-state index is 0.0172. The smallest absolute Gasteiger partial charge is 0.220 e. The average Bonchev–Trinajstić information content (AvgIpc) is 3.19. The molecule has 0 saturated heterocycles. The van der Waals surface area contributed by atoms with Crippen molar-refractivity contribution in [1.82, 2.24) is 20.1 Å². The fourth-order valence-electron chi connectivity index (χ4n) is 2.84. The van der Waals surface area contributed by atoms with Crippen molar-refractivity contribution in [2.45, 2.75) is 30.7 Å². The van der Waals surface area contributed by atoms with Gasteiger partial charge in [-0.2, -0.15) is 0 Å². The predicted octanol–water partition coefficient (Wildman–Crippen LogP) is 3.71. The number of benzene rings is 2. The van der Waals surface area contributed by atoms with Crippen LogP contribution in [0.1, 0.15) is 23.4 Å². The van der Waals surface area contributed by atoms with Crippen LogP contribution in [0.2, 0.25) is 0 Å². The predicted molar refractivity (Wildman–Crippen MR) is 122 cm³/mol. The lowest BCUT2D eigenvalue weighted by atomic mass is 10.2. The molecule has 6 nitrogen and oxygen atoms in total. The van der Waals surface area contributed by atoms with E-state index in [-0.39, 0.29) is 5.91 Å². The van der Waals surface area contributed by atoms with Crippen LogP contribution >= 0.6 is 11.8 Å². The van der Waals surface area contributed by atoms with E-state index in [0.717, 1.165) is 29.5 Å². The number of aromatic nitrogens is 3. The number of para-hydroxylation sites is 1. The Bertz CT molecular complexity index is 941. The maximum atomic E-state index is 12.0. The molecule has 0 atom stereocenters. The van der Waals surface area contributed by atoms with Crippen molar-refractivity contribution in [2.75, 3.05) is 13.7 Å². The topological polar surface area (TPSA) is 80.0 Å². The van der Waals surface area contributed by atoms with Crippen molar-refractivity contribution >= 4 is 17.7 Å². The molecule has 0 saturated carbocycles. The van der Waals surface area contributed by atoms with Gasteiger partial charge in [0.1, 0.15) is 5.82 Å². The summed E-state index contributed by atoms with van der Waals surface area (Å²) < 4.78 is 2.04. The summed E-state index contributed by atoms with van der Waals surface area (Å²) in [7, 11) is 1.00. The number of hydrogen-bond acceptors (Lipinski definition) is 5. The van der Waals surface area contributed by atoms with E-state index in [1.54, 1.807) is 17.8 Å². The van der Waals surface area contributed by atoms with Crippen LogP contribution in [0.5, 0.6) is 0 Å². The molecule has 1 heterocycles. The quantitative estimate of drug-likeness (QED) is 0.404. The Morgan fingerprint density at radius 1 is 1.17 bits per heavy atom. The van der Waals surface area contributed by atoms with Gasteiger partial charge in [-0.25, -0.2) is 0 Å². The normalized spacial score (nSPS) is 10.1. The molecular formula is C23H28N4O2S. The molecule has 3 aromatic rings. The van der Waals surface area contributed by atoms with Crippen molar-refractivity contribution in [3.63, 3.8) is 0 Å². The zero-order valence-electron chi connectivity index (χ0n) is 17.4. The van der Waals surface area contributed by atoms with Gasteiger partial charge in [-0.1, -0.05) is 65.9 Å². The maximum absolute atomic E-state index is 12.0. The summed E-state index contributed by atoms with van der Waals surface area (Å²) in [4.78, 5) is 12.0. The molecule has 1 aromatic heterocycles. The van der Waals surface area contributed by atoms with E-state index in [0.29, 0.717) is 19.4 Å². The molecule has 0 radical (unpaired) electrons.